The van der Waals surface area contributed by atoms with Crippen molar-refractivity contribution in [3.8, 4) is 0 Å². The maximum atomic E-state index is 12.9. The predicted octanol–water partition coefficient (Wildman–Crippen LogP) is 2.84. The predicted molar refractivity (Wildman–Crippen MR) is 93.2 cm³/mol. The largest absolute Gasteiger partial charge is 0.342 e. The molecule has 0 radical (unpaired) electrons. The average molecular weight is 330 g/mol. The normalized spacial score (nSPS) is 31.5. The zero-order chi connectivity index (χ0) is 16.5. The molecule has 0 aromatic carbocycles. The lowest BCUT2D eigenvalue weighted by atomic mass is 9.86. The Bertz CT molecular complexity index is 500. The molecule has 2 heterocycles. The van der Waals surface area contributed by atoms with Gasteiger partial charge in [0.25, 0.3) is 0 Å². The fourth-order valence-electron chi connectivity index (χ4n) is 5.23. The van der Waals surface area contributed by atoms with Gasteiger partial charge in [-0.1, -0.05) is 25.0 Å². The van der Waals surface area contributed by atoms with Crippen LogP contribution in [-0.4, -0.2) is 47.8 Å². The van der Waals surface area contributed by atoms with Crippen LogP contribution < -0.4 is 0 Å². The van der Waals surface area contributed by atoms with Crippen molar-refractivity contribution in [3.05, 3.63) is 12.2 Å². The lowest BCUT2D eigenvalue weighted by molar-refractivity contribution is -0.142. The Hall–Kier alpha value is -1.32. The highest BCUT2D eigenvalue weighted by molar-refractivity contribution is 5.81. The Morgan fingerprint density at radius 3 is 1.79 bits per heavy atom. The van der Waals surface area contributed by atoms with E-state index in [0.29, 0.717) is 23.7 Å². The van der Waals surface area contributed by atoms with Gasteiger partial charge in [0.1, 0.15) is 0 Å². The summed E-state index contributed by atoms with van der Waals surface area (Å²) >= 11 is 0. The van der Waals surface area contributed by atoms with E-state index in [2.05, 4.69) is 17.1 Å². The number of carbonyl (C=O) groups excluding carboxylic acids is 2. The van der Waals surface area contributed by atoms with Crippen molar-refractivity contribution in [1.29, 1.82) is 0 Å². The van der Waals surface area contributed by atoms with Gasteiger partial charge in [0.05, 0.1) is 0 Å². The summed E-state index contributed by atoms with van der Waals surface area (Å²) in [6.07, 6.45) is 13.1. The molecule has 1 saturated carbocycles. The molecule has 2 amide bonds. The maximum Gasteiger partial charge on any atom is 0.225 e. The molecule has 132 valence electrons. The Labute approximate surface area is 145 Å². The molecule has 4 aliphatic rings. The molecule has 2 atom stereocenters. The molecule has 0 bridgehead atoms. The molecular weight excluding hydrogens is 300 g/mol. The van der Waals surface area contributed by atoms with Gasteiger partial charge in [-0.3, -0.25) is 9.59 Å². The van der Waals surface area contributed by atoms with E-state index in [-0.39, 0.29) is 11.8 Å². The second-order valence-corrected chi connectivity index (χ2v) is 8.29. The zero-order valence-corrected chi connectivity index (χ0v) is 14.7. The topological polar surface area (TPSA) is 40.6 Å². The van der Waals surface area contributed by atoms with Gasteiger partial charge < -0.3 is 9.80 Å². The zero-order valence-electron chi connectivity index (χ0n) is 14.7. The van der Waals surface area contributed by atoms with Gasteiger partial charge in [0.2, 0.25) is 11.8 Å². The molecule has 2 aliphatic heterocycles. The maximum absolute atomic E-state index is 12.9. The third kappa shape index (κ3) is 3.12. The van der Waals surface area contributed by atoms with E-state index in [1.807, 2.05) is 4.90 Å². The number of amides is 2. The monoisotopic (exact) mass is 330 g/mol. The summed E-state index contributed by atoms with van der Waals surface area (Å²) in [4.78, 5) is 29.6. The summed E-state index contributed by atoms with van der Waals surface area (Å²) in [5, 5.41) is 0. The van der Waals surface area contributed by atoms with E-state index < -0.39 is 0 Å². The first-order chi connectivity index (χ1) is 11.7. The second kappa shape index (κ2) is 6.89. The van der Waals surface area contributed by atoms with E-state index >= 15 is 0 Å². The van der Waals surface area contributed by atoms with Crippen LogP contribution >= 0.6 is 0 Å². The first-order valence-corrected chi connectivity index (χ1v) is 9.95. The number of likely N-dealkylation sites (tertiary alicyclic amines) is 2. The van der Waals surface area contributed by atoms with Crippen molar-refractivity contribution < 1.29 is 9.59 Å². The highest BCUT2D eigenvalue weighted by Crippen LogP contribution is 2.35. The summed E-state index contributed by atoms with van der Waals surface area (Å²) in [5.41, 5.74) is 0. The number of hydrogen-bond acceptors (Lipinski definition) is 2. The van der Waals surface area contributed by atoms with Gasteiger partial charge in [-0.2, -0.15) is 0 Å². The average Bonchev–Trinajstić information content (AvgIpc) is 3.30. The third-order valence-electron chi connectivity index (χ3n) is 6.79. The molecule has 2 unspecified atom stereocenters. The van der Waals surface area contributed by atoms with Crippen LogP contribution in [0.5, 0.6) is 0 Å². The Morgan fingerprint density at radius 1 is 0.708 bits per heavy atom. The smallest absolute Gasteiger partial charge is 0.225 e. The van der Waals surface area contributed by atoms with E-state index in [0.717, 1.165) is 64.7 Å². The van der Waals surface area contributed by atoms with Crippen molar-refractivity contribution >= 4 is 11.8 Å². The molecule has 3 fully saturated rings. The number of nitrogens with zero attached hydrogens (tertiary/aromatic N) is 2. The fraction of sp³-hybridized carbons (Fsp3) is 0.800. The lowest BCUT2D eigenvalue weighted by Crippen LogP contribution is -2.45. The Kier molecular flexibility index (Phi) is 4.64. The van der Waals surface area contributed by atoms with Crippen LogP contribution in [0.15, 0.2) is 12.2 Å². The molecule has 2 saturated heterocycles. The van der Waals surface area contributed by atoms with Gasteiger partial charge in [-0.15, -0.1) is 0 Å². The summed E-state index contributed by atoms with van der Waals surface area (Å²) < 4.78 is 0. The Balaban J connectivity index is 1.28. The fourth-order valence-corrected chi connectivity index (χ4v) is 5.23. The highest BCUT2D eigenvalue weighted by atomic mass is 16.2. The SMILES string of the molecule is O=C(C1CCCC1)N1CCC(C(=O)N2CC3CC=CCC3C2)CC1. The third-order valence-corrected chi connectivity index (χ3v) is 6.79. The minimum absolute atomic E-state index is 0.144. The van der Waals surface area contributed by atoms with Gasteiger partial charge in [-0.25, -0.2) is 0 Å². The van der Waals surface area contributed by atoms with Crippen molar-refractivity contribution in [2.24, 2.45) is 23.7 Å². The number of carbonyl (C=O) groups is 2. The summed E-state index contributed by atoms with van der Waals surface area (Å²) in [6, 6.07) is 0. The molecule has 0 spiro atoms. The van der Waals surface area contributed by atoms with Gasteiger partial charge in [0, 0.05) is 38.0 Å². The van der Waals surface area contributed by atoms with Gasteiger partial charge in [-0.05, 0) is 50.4 Å². The number of hydrogen-bond donors (Lipinski definition) is 0. The van der Waals surface area contributed by atoms with Gasteiger partial charge >= 0.3 is 0 Å². The quantitative estimate of drug-likeness (QED) is 0.731. The van der Waals surface area contributed by atoms with E-state index in [1.54, 1.807) is 0 Å². The van der Waals surface area contributed by atoms with E-state index in [9.17, 15) is 9.59 Å². The lowest BCUT2D eigenvalue weighted by Gasteiger charge is -2.34. The van der Waals surface area contributed by atoms with Crippen LogP contribution in [0.25, 0.3) is 0 Å². The standard InChI is InChI=1S/C20H30N2O2/c23-19(15-5-1-2-6-15)21-11-9-16(10-12-21)20(24)22-13-17-7-3-4-8-18(17)14-22/h3-4,15-18H,1-2,5-14H2. The Morgan fingerprint density at radius 2 is 1.21 bits per heavy atom. The summed E-state index contributed by atoms with van der Waals surface area (Å²) in [7, 11) is 0. The summed E-state index contributed by atoms with van der Waals surface area (Å²) in [6.45, 7) is 3.48. The number of fused-ring (bicyclic) bond motifs is 1. The number of piperidine rings is 1. The van der Waals surface area contributed by atoms with Crippen LogP contribution in [0.3, 0.4) is 0 Å². The molecule has 0 aromatic rings. The van der Waals surface area contributed by atoms with Crippen molar-refractivity contribution in [2.75, 3.05) is 26.2 Å². The van der Waals surface area contributed by atoms with Crippen LogP contribution in [0.2, 0.25) is 0 Å². The molecule has 4 heteroatoms. The molecule has 0 N–H and O–H groups in total. The van der Waals surface area contributed by atoms with Crippen LogP contribution in [0.1, 0.15) is 51.4 Å². The molecule has 24 heavy (non-hydrogen) atoms. The minimum atomic E-state index is 0.144. The minimum Gasteiger partial charge on any atom is -0.342 e. The van der Waals surface area contributed by atoms with Crippen molar-refractivity contribution in [3.63, 3.8) is 0 Å². The summed E-state index contributed by atoms with van der Waals surface area (Å²) in [5.74, 6) is 2.50. The number of allylic oxidation sites excluding steroid dienone is 2. The van der Waals surface area contributed by atoms with Crippen LogP contribution in [0.4, 0.5) is 0 Å². The first-order valence-electron chi connectivity index (χ1n) is 9.95. The highest BCUT2D eigenvalue weighted by Gasteiger charge is 2.39. The molecular formula is C20H30N2O2. The molecule has 4 rings (SSSR count). The van der Waals surface area contributed by atoms with Crippen LogP contribution in [0, 0.1) is 23.7 Å². The molecule has 0 aromatic heterocycles. The molecule has 2 aliphatic carbocycles. The second-order valence-electron chi connectivity index (χ2n) is 8.29. The molecule has 4 nitrogen and oxygen atoms in total. The van der Waals surface area contributed by atoms with Gasteiger partial charge in [0.15, 0.2) is 0 Å². The van der Waals surface area contributed by atoms with Crippen molar-refractivity contribution in [2.45, 2.75) is 51.4 Å². The van der Waals surface area contributed by atoms with E-state index in [1.165, 1.54) is 12.8 Å². The van der Waals surface area contributed by atoms with Crippen LogP contribution in [-0.2, 0) is 9.59 Å². The number of rotatable bonds is 2. The van der Waals surface area contributed by atoms with Crippen molar-refractivity contribution in [1.82, 2.24) is 9.80 Å². The van der Waals surface area contributed by atoms with E-state index in [4.69, 9.17) is 0 Å². The first kappa shape index (κ1) is 16.2.